The van der Waals surface area contributed by atoms with E-state index in [9.17, 15) is 22.0 Å². The summed E-state index contributed by atoms with van der Waals surface area (Å²) < 4.78 is 50.5. The second kappa shape index (κ2) is 9.27. The van der Waals surface area contributed by atoms with Crippen LogP contribution in [0.5, 0.6) is 0 Å². The molecule has 0 aliphatic rings. The van der Waals surface area contributed by atoms with E-state index < -0.39 is 33.8 Å². The maximum Gasteiger partial charge on any atom is 0.319 e. The molecule has 0 saturated heterocycles. The quantitative estimate of drug-likeness (QED) is 0.684. The smallest absolute Gasteiger partial charge is 0.319 e. The molecule has 6 nitrogen and oxygen atoms in total. The van der Waals surface area contributed by atoms with Crippen molar-refractivity contribution in [2.45, 2.75) is 45.5 Å². The highest BCUT2D eigenvalue weighted by molar-refractivity contribution is 7.91. The number of alkyl halides is 2. The van der Waals surface area contributed by atoms with Gasteiger partial charge in [0.15, 0.2) is 9.84 Å². The fourth-order valence-electron chi connectivity index (χ4n) is 2.86. The molecular weight excluding hydrogens is 388 g/mol. The molecule has 1 N–H and O–H groups in total. The topological polar surface area (TPSA) is 81.1 Å². The lowest BCUT2D eigenvalue weighted by Crippen LogP contribution is -2.33. The van der Waals surface area contributed by atoms with Crippen molar-refractivity contribution >= 4 is 15.7 Å². The Labute approximate surface area is 163 Å². The molecule has 28 heavy (non-hydrogen) atoms. The number of sulfone groups is 1. The van der Waals surface area contributed by atoms with E-state index in [-0.39, 0.29) is 11.9 Å². The molecule has 0 aliphatic carbocycles. The Morgan fingerprint density at radius 1 is 1.18 bits per heavy atom. The van der Waals surface area contributed by atoms with E-state index in [1.807, 2.05) is 24.3 Å². The van der Waals surface area contributed by atoms with Crippen LogP contribution >= 0.6 is 0 Å². The molecule has 1 heterocycles. The van der Waals surface area contributed by atoms with Crippen LogP contribution in [0.15, 0.2) is 36.7 Å². The van der Waals surface area contributed by atoms with Gasteiger partial charge in [-0.05, 0) is 30.4 Å². The minimum atomic E-state index is -3.94. The lowest BCUT2D eigenvalue weighted by molar-refractivity contribution is -0.119. The second-order valence-corrected chi connectivity index (χ2v) is 9.25. The first-order valence-electron chi connectivity index (χ1n) is 8.96. The first-order chi connectivity index (χ1) is 13.1. The molecule has 0 saturated carbocycles. The molecule has 1 aromatic carbocycles. The van der Waals surface area contributed by atoms with Gasteiger partial charge < -0.3 is 5.32 Å². The summed E-state index contributed by atoms with van der Waals surface area (Å²) in [4.78, 5) is 15.8. The minimum Gasteiger partial charge on any atom is -0.349 e. The summed E-state index contributed by atoms with van der Waals surface area (Å²) >= 11 is 0. The van der Waals surface area contributed by atoms with Crippen molar-refractivity contribution in [3.63, 3.8) is 0 Å². The van der Waals surface area contributed by atoms with Gasteiger partial charge in [-0.3, -0.25) is 9.36 Å². The van der Waals surface area contributed by atoms with E-state index in [0.29, 0.717) is 10.5 Å². The van der Waals surface area contributed by atoms with Crippen LogP contribution in [0.3, 0.4) is 0 Å². The van der Waals surface area contributed by atoms with Gasteiger partial charge in [-0.2, -0.15) is 8.78 Å². The average Bonchev–Trinajstić information content (AvgIpc) is 3.01. The van der Waals surface area contributed by atoms with Crippen LogP contribution < -0.4 is 5.32 Å². The zero-order chi connectivity index (χ0) is 20.9. The van der Waals surface area contributed by atoms with E-state index in [1.165, 1.54) is 5.56 Å². The van der Waals surface area contributed by atoms with E-state index in [0.717, 1.165) is 24.4 Å². The normalized spacial score (nSPS) is 13.1. The van der Waals surface area contributed by atoms with Gasteiger partial charge in [-0.1, -0.05) is 38.1 Å². The second-order valence-electron chi connectivity index (χ2n) is 7.19. The lowest BCUT2D eigenvalue weighted by Gasteiger charge is -2.15. The maximum atomic E-state index is 12.8. The monoisotopic (exact) mass is 413 g/mol. The van der Waals surface area contributed by atoms with E-state index in [1.54, 1.807) is 6.92 Å². The Morgan fingerprint density at radius 3 is 2.39 bits per heavy atom. The maximum absolute atomic E-state index is 12.8. The van der Waals surface area contributed by atoms with Gasteiger partial charge >= 0.3 is 6.55 Å². The summed E-state index contributed by atoms with van der Waals surface area (Å²) in [5.41, 5.74) is 2.04. The van der Waals surface area contributed by atoms with Crippen molar-refractivity contribution < 1.29 is 22.0 Å². The number of hydrogen-bond acceptors (Lipinski definition) is 4. The number of nitrogens with one attached hydrogen (secondary N) is 1. The number of carbonyl (C=O) groups is 1. The fraction of sp³-hybridized carbons (Fsp3) is 0.474. The number of hydrogen-bond donors (Lipinski definition) is 1. The van der Waals surface area contributed by atoms with Crippen molar-refractivity contribution in [1.82, 2.24) is 14.9 Å². The van der Waals surface area contributed by atoms with Crippen molar-refractivity contribution in [1.29, 1.82) is 0 Å². The van der Waals surface area contributed by atoms with Gasteiger partial charge in [0.2, 0.25) is 5.91 Å². The number of rotatable bonds is 9. The van der Waals surface area contributed by atoms with Gasteiger partial charge in [0, 0.05) is 12.4 Å². The van der Waals surface area contributed by atoms with Gasteiger partial charge in [0.25, 0.3) is 0 Å². The molecule has 1 atom stereocenters. The summed E-state index contributed by atoms with van der Waals surface area (Å²) in [6.07, 6.45) is 3.05. The molecule has 0 bridgehead atoms. The number of aromatic nitrogens is 2. The van der Waals surface area contributed by atoms with Crippen molar-refractivity contribution in [3.05, 3.63) is 53.6 Å². The van der Waals surface area contributed by atoms with Gasteiger partial charge in [0.05, 0.1) is 6.04 Å². The number of benzene rings is 1. The highest BCUT2D eigenvalue weighted by Gasteiger charge is 2.23. The number of nitrogens with zero attached hydrogens (tertiary/aromatic N) is 2. The van der Waals surface area contributed by atoms with Crippen molar-refractivity contribution in [2.75, 3.05) is 5.75 Å². The molecular formula is C19H25F2N3O3S. The van der Waals surface area contributed by atoms with Crippen molar-refractivity contribution in [3.8, 4) is 0 Å². The zero-order valence-electron chi connectivity index (χ0n) is 16.1. The zero-order valence-corrected chi connectivity index (χ0v) is 16.9. The minimum absolute atomic E-state index is 0.295. The first-order valence-corrected chi connectivity index (χ1v) is 10.8. The molecule has 1 unspecified atom stereocenters. The Bertz CT molecular complexity index is 893. The highest BCUT2D eigenvalue weighted by atomic mass is 32.2. The standard InChI is InChI=1S/C19H25F2N3O3S/c1-13(2)10-15-4-6-16(7-5-15)14(3)23-18(25)12-28(26,27)11-17-22-8-9-24(17)19(20)21/h4-9,13-14,19H,10-12H2,1-3H3,(H,23,25). The summed E-state index contributed by atoms with van der Waals surface area (Å²) in [5, 5.41) is 2.64. The summed E-state index contributed by atoms with van der Waals surface area (Å²) in [6, 6.07) is 7.39. The molecule has 0 fully saturated rings. The largest absolute Gasteiger partial charge is 0.349 e. The predicted octanol–water partition coefficient (Wildman–Crippen LogP) is 3.27. The van der Waals surface area contributed by atoms with Gasteiger partial charge in [0.1, 0.15) is 17.3 Å². The number of imidazole rings is 1. The predicted molar refractivity (Wildman–Crippen MR) is 103 cm³/mol. The molecule has 1 amide bonds. The first kappa shape index (κ1) is 22.0. The summed E-state index contributed by atoms with van der Waals surface area (Å²) in [7, 11) is -3.94. The van der Waals surface area contributed by atoms with Crippen LogP contribution in [0.4, 0.5) is 8.78 Å². The molecule has 0 aliphatic heterocycles. The molecule has 154 valence electrons. The molecule has 0 radical (unpaired) electrons. The van der Waals surface area contributed by atoms with Crippen LogP contribution in [0.2, 0.25) is 0 Å². The number of carbonyl (C=O) groups excluding carboxylic acids is 1. The average molecular weight is 413 g/mol. The summed E-state index contributed by atoms with van der Waals surface area (Å²) in [6.45, 7) is 3.13. The molecule has 0 spiro atoms. The van der Waals surface area contributed by atoms with Crippen LogP contribution in [0, 0.1) is 5.92 Å². The van der Waals surface area contributed by atoms with Gasteiger partial charge in [-0.15, -0.1) is 0 Å². The Balaban J connectivity index is 1.95. The van der Waals surface area contributed by atoms with E-state index >= 15 is 0 Å². The molecule has 1 aromatic heterocycles. The highest BCUT2D eigenvalue weighted by Crippen LogP contribution is 2.17. The van der Waals surface area contributed by atoms with Crippen LogP contribution in [-0.4, -0.2) is 29.6 Å². The Hall–Kier alpha value is -2.29. The molecule has 2 aromatic rings. The SMILES string of the molecule is CC(C)Cc1ccc(C(C)NC(=O)CS(=O)(=O)Cc2nccn2C(F)F)cc1. The molecule has 9 heteroatoms. The third-order valence-corrected chi connectivity index (χ3v) is 5.56. The summed E-state index contributed by atoms with van der Waals surface area (Å²) in [5.74, 6) is -1.96. The third kappa shape index (κ3) is 6.40. The van der Waals surface area contributed by atoms with E-state index in [2.05, 4.69) is 24.1 Å². The van der Waals surface area contributed by atoms with Crippen molar-refractivity contribution in [2.24, 2.45) is 5.92 Å². The van der Waals surface area contributed by atoms with Crippen LogP contribution in [0.1, 0.15) is 50.3 Å². The van der Waals surface area contributed by atoms with Gasteiger partial charge in [-0.25, -0.2) is 13.4 Å². The van der Waals surface area contributed by atoms with Crippen LogP contribution in [0.25, 0.3) is 0 Å². The fourth-order valence-corrected chi connectivity index (χ4v) is 4.06. The van der Waals surface area contributed by atoms with E-state index in [4.69, 9.17) is 0 Å². The lowest BCUT2D eigenvalue weighted by atomic mass is 10.00. The van der Waals surface area contributed by atoms with Crippen LogP contribution in [-0.2, 0) is 26.8 Å². The molecule has 2 rings (SSSR count). The number of amides is 1. The Morgan fingerprint density at radius 2 is 1.82 bits per heavy atom. The Kier molecular flexibility index (Phi) is 7.29. The third-order valence-electron chi connectivity index (χ3n) is 4.16. The number of halogens is 2.